The van der Waals surface area contributed by atoms with Gasteiger partial charge in [0.1, 0.15) is 17.5 Å². The predicted molar refractivity (Wildman–Crippen MR) is 137 cm³/mol. The van der Waals surface area contributed by atoms with E-state index in [1.165, 1.54) is 0 Å². The molecule has 3 heterocycles. The fourth-order valence-electron chi connectivity index (χ4n) is 3.59. The van der Waals surface area contributed by atoms with Gasteiger partial charge in [-0.1, -0.05) is 6.07 Å². The number of pyridine rings is 1. The Balaban J connectivity index is 0.00000342. The fourth-order valence-corrected chi connectivity index (χ4v) is 3.59. The van der Waals surface area contributed by atoms with Crippen LogP contribution >= 0.6 is 12.4 Å². The zero-order chi connectivity index (χ0) is 24.0. The van der Waals surface area contributed by atoms with Crippen molar-refractivity contribution in [3.8, 4) is 11.4 Å². The molecule has 4 rings (SSSR count). The Morgan fingerprint density at radius 3 is 2.66 bits per heavy atom. The first-order valence-electron chi connectivity index (χ1n) is 11.4. The molecule has 0 spiro atoms. The van der Waals surface area contributed by atoms with Crippen molar-refractivity contribution in [2.75, 3.05) is 43.1 Å². The van der Waals surface area contributed by atoms with E-state index in [4.69, 9.17) is 9.47 Å². The van der Waals surface area contributed by atoms with Crippen molar-refractivity contribution < 1.29 is 14.3 Å². The van der Waals surface area contributed by atoms with Crippen molar-refractivity contribution in [2.45, 2.75) is 32.4 Å². The van der Waals surface area contributed by atoms with Crippen LogP contribution in [-0.4, -0.2) is 64.7 Å². The number of aromatic nitrogens is 4. The minimum absolute atomic E-state index is 0. The highest BCUT2D eigenvalue weighted by Gasteiger charge is 2.21. The summed E-state index contributed by atoms with van der Waals surface area (Å²) in [5.41, 5.74) is 2.29. The molecule has 35 heavy (non-hydrogen) atoms. The maximum absolute atomic E-state index is 12.3. The summed E-state index contributed by atoms with van der Waals surface area (Å²) in [6.07, 6.45) is 2.90. The molecule has 188 valence electrons. The highest BCUT2D eigenvalue weighted by molar-refractivity contribution is 5.85. The van der Waals surface area contributed by atoms with Crippen LogP contribution in [0.2, 0.25) is 0 Å². The Morgan fingerprint density at radius 2 is 1.94 bits per heavy atom. The molecule has 1 aliphatic heterocycles. The second-order valence-electron chi connectivity index (χ2n) is 9.01. The summed E-state index contributed by atoms with van der Waals surface area (Å²) in [6.45, 7) is 8.88. The molecule has 0 radical (unpaired) electrons. The molecular formula is C24H32ClN7O3. The van der Waals surface area contributed by atoms with Crippen LogP contribution in [0.25, 0.3) is 11.4 Å². The van der Waals surface area contributed by atoms with Crippen LogP contribution in [0.4, 0.5) is 16.2 Å². The summed E-state index contributed by atoms with van der Waals surface area (Å²) < 4.78 is 10.9. The number of carbonyl (C=O) groups is 1. The van der Waals surface area contributed by atoms with Gasteiger partial charge in [0.25, 0.3) is 0 Å². The van der Waals surface area contributed by atoms with Gasteiger partial charge in [-0.05, 0) is 51.1 Å². The Hall–Kier alpha value is -3.37. The summed E-state index contributed by atoms with van der Waals surface area (Å²) in [5.74, 6) is 1.16. The molecule has 0 bridgehead atoms. The maximum atomic E-state index is 12.3. The lowest BCUT2D eigenvalue weighted by molar-refractivity contribution is 0.0525. The number of anilines is 2. The van der Waals surface area contributed by atoms with Crippen LogP contribution in [0.5, 0.6) is 0 Å². The largest absolute Gasteiger partial charge is 0.444 e. The second-order valence-corrected chi connectivity index (χ2v) is 9.01. The molecule has 2 aromatic heterocycles. The zero-order valence-electron chi connectivity index (χ0n) is 20.2. The van der Waals surface area contributed by atoms with Crippen LogP contribution in [0.15, 0.2) is 48.8 Å². The fraction of sp³-hybridized carbons (Fsp3) is 0.417. The number of aromatic amines is 1. The third kappa shape index (κ3) is 7.56. The Labute approximate surface area is 211 Å². The van der Waals surface area contributed by atoms with Crippen molar-refractivity contribution in [1.29, 1.82) is 0 Å². The molecule has 3 N–H and O–H groups in total. The lowest BCUT2D eigenvalue weighted by Crippen LogP contribution is -2.37. The molecule has 10 nitrogen and oxygen atoms in total. The molecule has 1 atom stereocenters. The number of carbonyl (C=O) groups excluding carboxylic acids is 1. The number of halogens is 1. The molecule has 1 amide bonds. The van der Waals surface area contributed by atoms with Gasteiger partial charge in [-0.2, -0.15) is 5.10 Å². The standard InChI is InChI=1S/C24H31N7O3.ClH/c1-24(2,3)34-23(32)26-16-20(22-28-21(29-30-22)17-7-9-25-10-8-17)27-18-5-4-6-19(15-18)31-11-13-33-14-12-31;/h4-10,15,20,27H,11-14,16H2,1-3H3,(H,26,32)(H,28,29,30);1H. The summed E-state index contributed by atoms with van der Waals surface area (Å²) in [7, 11) is 0. The van der Waals surface area contributed by atoms with Crippen LogP contribution in [0, 0.1) is 0 Å². The van der Waals surface area contributed by atoms with Crippen molar-refractivity contribution in [2.24, 2.45) is 0 Å². The van der Waals surface area contributed by atoms with Crippen LogP contribution in [-0.2, 0) is 9.47 Å². The third-order valence-electron chi connectivity index (χ3n) is 5.18. The van der Waals surface area contributed by atoms with Gasteiger partial charge in [0.05, 0.1) is 13.2 Å². The van der Waals surface area contributed by atoms with E-state index in [1.54, 1.807) is 12.4 Å². The van der Waals surface area contributed by atoms with Gasteiger partial charge in [0.2, 0.25) is 0 Å². The predicted octanol–water partition coefficient (Wildman–Crippen LogP) is 3.80. The van der Waals surface area contributed by atoms with Gasteiger partial charge in [-0.25, -0.2) is 9.78 Å². The molecule has 1 saturated heterocycles. The van der Waals surface area contributed by atoms with Gasteiger partial charge < -0.3 is 25.0 Å². The number of amides is 1. The first kappa shape index (κ1) is 26.2. The topological polar surface area (TPSA) is 117 Å². The van der Waals surface area contributed by atoms with Gasteiger partial charge in [0.15, 0.2) is 5.82 Å². The van der Waals surface area contributed by atoms with Gasteiger partial charge in [0, 0.05) is 49.0 Å². The van der Waals surface area contributed by atoms with Crippen molar-refractivity contribution in [3.05, 3.63) is 54.6 Å². The summed E-state index contributed by atoms with van der Waals surface area (Å²) >= 11 is 0. The van der Waals surface area contributed by atoms with Crippen molar-refractivity contribution >= 4 is 29.9 Å². The van der Waals surface area contributed by atoms with E-state index in [-0.39, 0.29) is 25.0 Å². The van der Waals surface area contributed by atoms with Crippen molar-refractivity contribution in [3.63, 3.8) is 0 Å². The number of alkyl carbamates (subject to hydrolysis) is 1. The van der Waals surface area contributed by atoms with Crippen LogP contribution in [0.1, 0.15) is 32.6 Å². The average molecular weight is 502 g/mol. The number of rotatable bonds is 7. The molecule has 1 unspecified atom stereocenters. The number of benzene rings is 1. The van der Waals surface area contributed by atoms with E-state index in [2.05, 4.69) is 47.8 Å². The maximum Gasteiger partial charge on any atom is 0.407 e. The number of hydrogen-bond acceptors (Lipinski definition) is 8. The lowest BCUT2D eigenvalue weighted by atomic mass is 10.2. The first-order valence-corrected chi connectivity index (χ1v) is 11.4. The number of hydrogen-bond donors (Lipinski definition) is 3. The summed E-state index contributed by atoms with van der Waals surface area (Å²) in [4.78, 5) is 23.3. The minimum Gasteiger partial charge on any atom is -0.444 e. The molecule has 1 aromatic carbocycles. The molecule has 3 aromatic rings. The Kier molecular flexibility index (Phi) is 8.89. The van der Waals surface area contributed by atoms with E-state index >= 15 is 0 Å². The van der Waals surface area contributed by atoms with Gasteiger partial charge >= 0.3 is 6.09 Å². The molecule has 0 saturated carbocycles. The number of nitrogens with one attached hydrogen (secondary N) is 3. The monoisotopic (exact) mass is 501 g/mol. The first-order chi connectivity index (χ1) is 16.4. The summed E-state index contributed by atoms with van der Waals surface area (Å²) in [5, 5.41) is 13.7. The Bertz CT molecular complexity index is 1080. The van der Waals surface area contributed by atoms with E-state index in [0.29, 0.717) is 11.6 Å². The normalized spacial score (nSPS) is 14.5. The van der Waals surface area contributed by atoms with Gasteiger partial charge in [-0.15, -0.1) is 12.4 Å². The van der Waals surface area contributed by atoms with E-state index in [0.717, 1.165) is 43.2 Å². The highest BCUT2D eigenvalue weighted by Crippen LogP contribution is 2.24. The SMILES string of the molecule is CC(C)(C)OC(=O)NCC(Nc1cccc(N2CCOCC2)c1)c1nc(-c2ccncc2)n[nH]1.Cl. The lowest BCUT2D eigenvalue weighted by Gasteiger charge is -2.29. The van der Waals surface area contributed by atoms with Gasteiger partial charge in [-0.3, -0.25) is 10.1 Å². The molecule has 1 fully saturated rings. The summed E-state index contributed by atoms with van der Waals surface area (Å²) in [6, 6.07) is 11.5. The van der Waals surface area contributed by atoms with E-state index < -0.39 is 11.7 Å². The molecular weight excluding hydrogens is 470 g/mol. The van der Waals surface area contributed by atoms with Crippen LogP contribution in [0.3, 0.4) is 0 Å². The van der Waals surface area contributed by atoms with Crippen molar-refractivity contribution in [1.82, 2.24) is 25.5 Å². The number of ether oxygens (including phenoxy) is 2. The number of H-pyrrole nitrogens is 1. The molecule has 11 heteroatoms. The zero-order valence-corrected chi connectivity index (χ0v) is 21.0. The third-order valence-corrected chi connectivity index (χ3v) is 5.18. The number of nitrogens with zero attached hydrogens (tertiary/aromatic N) is 4. The quantitative estimate of drug-likeness (QED) is 0.447. The smallest absolute Gasteiger partial charge is 0.407 e. The van der Waals surface area contributed by atoms with E-state index in [9.17, 15) is 4.79 Å². The Morgan fingerprint density at radius 1 is 1.20 bits per heavy atom. The molecule has 0 aliphatic carbocycles. The minimum atomic E-state index is -0.583. The molecule has 1 aliphatic rings. The van der Waals surface area contributed by atoms with E-state index in [1.807, 2.05) is 45.0 Å². The average Bonchev–Trinajstić information content (AvgIpc) is 3.32. The van der Waals surface area contributed by atoms with Crippen LogP contribution < -0.4 is 15.5 Å². The second kappa shape index (κ2) is 11.9. The highest BCUT2D eigenvalue weighted by atomic mass is 35.5. The number of morpholine rings is 1.